The zero-order chi connectivity index (χ0) is 30.1. The van der Waals surface area contributed by atoms with Crippen LogP contribution >= 0.6 is 8.25 Å². The SMILES string of the molecule is CCCCCCCCCCCCCCCCCCOCC(O)Cc1cccc(OC(=O)O[PH](=O)O)c1C(=O)OCC. The molecule has 0 heterocycles. The fourth-order valence-electron chi connectivity index (χ4n) is 4.73. The number of rotatable bonds is 25. The van der Waals surface area contributed by atoms with E-state index in [1.54, 1.807) is 13.0 Å². The van der Waals surface area contributed by atoms with Crippen LogP contribution < -0.4 is 4.74 Å². The molecule has 1 aromatic carbocycles. The third kappa shape index (κ3) is 19.0. The summed E-state index contributed by atoms with van der Waals surface area (Å²) in [5.74, 6) is -0.931. The Balaban J connectivity index is 2.21. The van der Waals surface area contributed by atoms with Gasteiger partial charge in [-0.1, -0.05) is 115 Å². The van der Waals surface area contributed by atoms with E-state index in [0.717, 1.165) is 12.8 Å². The van der Waals surface area contributed by atoms with Crippen LogP contribution in [-0.4, -0.2) is 48.0 Å². The summed E-state index contributed by atoms with van der Waals surface area (Å²) in [7, 11) is -3.55. The third-order valence-electron chi connectivity index (χ3n) is 6.86. The van der Waals surface area contributed by atoms with Crippen LogP contribution in [0.3, 0.4) is 0 Å². The minimum Gasteiger partial charge on any atom is -0.462 e. The summed E-state index contributed by atoms with van der Waals surface area (Å²) in [5.41, 5.74) is 0.338. The van der Waals surface area contributed by atoms with E-state index in [1.807, 2.05) is 0 Å². The number of hydrogen-bond donors (Lipinski definition) is 2. The summed E-state index contributed by atoms with van der Waals surface area (Å²) < 4.78 is 30.5. The third-order valence-corrected chi connectivity index (χ3v) is 7.21. The van der Waals surface area contributed by atoms with Crippen molar-refractivity contribution in [1.29, 1.82) is 0 Å². The van der Waals surface area contributed by atoms with Gasteiger partial charge in [0.05, 0.1) is 19.3 Å². The largest absolute Gasteiger partial charge is 0.520 e. The van der Waals surface area contributed by atoms with Gasteiger partial charge >= 0.3 is 20.4 Å². The van der Waals surface area contributed by atoms with Crippen LogP contribution in [0.5, 0.6) is 5.75 Å². The molecule has 1 aromatic rings. The Bertz CT molecular complexity index is 862. The van der Waals surface area contributed by atoms with Crippen LogP contribution in [0.4, 0.5) is 4.79 Å². The number of carbonyl (C=O) groups excluding carboxylic acids is 2. The van der Waals surface area contributed by atoms with Crippen LogP contribution in [0.25, 0.3) is 0 Å². The summed E-state index contributed by atoms with van der Waals surface area (Å²) in [6.07, 6.45) is 18.6. The van der Waals surface area contributed by atoms with Crippen molar-refractivity contribution < 1.29 is 42.9 Å². The first-order valence-corrected chi connectivity index (χ1v) is 16.8. The Hall–Kier alpha value is -1.93. The highest BCUT2D eigenvalue weighted by molar-refractivity contribution is 7.32. The molecule has 0 amide bonds. The molecule has 0 saturated carbocycles. The van der Waals surface area contributed by atoms with Gasteiger partial charge in [-0.05, 0) is 25.0 Å². The van der Waals surface area contributed by atoms with Gasteiger partial charge in [-0.25, -0.2) is 14.2 Å². The van der Waals surface area contributed by atoms with Crippen LogP contribution in [0.15, 0.2) is 18.2 Å². The number of aliphatic hydroxyl groups is 1. The quantitative estimate of drug-likeness (QED) is 0.0497. The molecule has 41 heavy (non-hydrogen) atoms. The van der Waals surface area contributed by atoms with Gasteiger partial charge in [0, 0.05) is 13.0 Å². The summed E-state index contributed by atoms with van der Waals surface area (Å²) in [6.45, 7) is 4.63. The van der Waals surface area contributed by atoms with Gasteiger partial charge in [-0.3, -0.25) is 0 Å². The van der Waals surface area contributed by atoms with E-state index in [2.05, 4.69) is 11.4 Å². The van der Waals surface area contributed by atoms with E-state index in [-0.39, 0.29) is 30.9 Å². The molecule has 2 unspecified atom stereocenters. The molecular weight excluding hydrogens is 547 g/mol. The minimum absolute atomic E-state index is 0.0548. The Morgan fingerprint density at radius 2 is 1.37 bits per heavy atom. The summed E-state index contributed by atoms with van der Waals surface area (Å²) in [6, 6.07) is 4.48. The molecule has 9 nitrogen and oxygen atoms in total. The molecule has 0 bridgehead atoms. The van der Waals surface area contributed by atoms with E-state index in [9.17, 15) is 19.3 Å². The zero-order valence-corrected chi connectivity index (χ0v) is 26.2. The molecule has 0 radical (unpaired) electrons. The van der Waals surface area contributed by atoms with Crippen LogP contribution in [0, 0.1) is 0 Å². The number of esters is 1. The predicted molar refractivity (Wildman–Crippen MR) is 161 cm³/mol. The van der Waals surface area contributed by atoms with Crippen LogP contribution in [-0.2, 0) is 25.0 Å². The maximum Gasteiger partial charge on any atom is 0.520 e. The standard InChI is InChI=1S/C31H53O9P/c1-3-5-6-7-8-9-10-11-12-13-14-15-16-17-18-19-23-37-25-27(32)24-26-21-20-22-28(29(26)30(33)38-4-2)39-31(34)40-41(35)36/h20-22,27,32,41H,3-19,23-25H2,1-2H3,(H,35,36). The lowest BCUT2D eigenvalue weighted by atomic mass is 10.0. The Labute approximate surface area is 247 Å². The summed E-state index contributed by atoms with van der Waals surface area (Å²) in [4.78, 5) is 33.0. The van der Waals surface area contributed by atoms with Crippen molar-refractivity contribution in [2.75, 3.05) is 19.8 Å². The monoisotopic (exact) mass is 600 g/mol. The molecule has 2 N–H and O–H groups in total. The van der Waals surface area contributed by atoms with Gasteiger partial charge < -0.3 is 28.7 Å². The van der Waals surface area contributed by atoms with Crippen molar-refractivity contribution in [3.05, 3.63) is 29.3 Å². The molecule has 2 atom stereocenters. The van der Waals surface area contributed by atoms with Crippen LogP contribution in [0.1, 0.15) is 133 Å². The number of benzene rings is 1. The average molecular weight is 601 g/mol. The topological polar surface area (TPSA) is 129 Å². The predicted octanol–water partition coefficient (Wildman–Crippen LogP) is 7.94. The fourth-order valence-corrected chi connectivity index (χ4v) is 4.92. The summed E-state index contributed by atoms with van der Waals surface area (Å²) >= 11 is 0. The number of carbonyl (C=O) groups is 2. The van der Waals surface area contributed by atoms with Gasteiger partial charge in [0.1, 0.15) is 11.3 Å². The van der Waals surface area contributed by atoms with Gasteiger partial charge in [0.15, 0.2) is 0 Å². The molecule has 0 aromatic heterocycles. The molecular formula is C31H53O9P. The number of ether oxygens (including phenoxy) is 3. The van der Waals surface area contributed by atoms with Gasteiger partial charge in [0.2, 0.25) is 0 Å². The molecule has 236 valence electrons. The maximum absolute atomic E-state index is 12.5. The molecule has 0 aliphatic rings. The van der Waals surface area contributed by atoms with E-state index >= 15 is 0 Å². The first-order valence-electron chi connectivity index (χ1n) is 15.6. The number of unbranched alkanes of at least 4 members (excludes halogenated alkanes) is 15. The molecule has 1 rings (SSSR count). The second-order valence-electron chi connectivity index (χ2n) is 10.5. The number of hydrogen-bond acceptors (Lipinski definition) is 8. The molecule has 0 aliphatic carbocycles. The Morgan fingerprint density at radius 1 is 0.829 bits per heavy atom. The van der Waals surface area contributed by atoms with Crippen molar-refractivity contribution in [1.82, 2.24) is 0 Å². The van der Waals surface area contributed by atoms with Crippen molar-refractivity contribution in [2.45, 2.75) is 129 Å². The van der Waals surface area contributed by atoms with Crippen molar-refractivity contribution >= 4 is 20.4 Å². The summed E-state index contributed by atoms with van der Waals surface area (Å²) in [5, 5.41) is 10.5. The lowest BCUT2D eigenvalue weighted by Gasteiger charge is -2.16. The van der Waals surface area contributed by atoms with E-state index < -0.39 is 26.5 Å². The van der Waals surface area contributed by atoms with E-state index in [0.29, 0.717) is 12.2 Å². The van der Waals surface area contributed by atoms with Gasteiger partial charge in [0.25, 0.3) is 0 Å². The second-order valence-corrected chi connectivity index (χ2v) is 11.2. The van der Waals surface area contributed by atoms with Crippen molar-refractivity contribution in [3.63, 3.8) is 0 Å². The highest BCUT2D eigenvalue weighted by Crippen LogP contribution is 2.27. The van der Waals surface area contributed by atoms with Crippen molar-refractivity contribution in [2.24, 2.45) is 0 Å². The molecule has 10 heteroatoms. The van der Waals surface area contributed by atoms with Gasteiger partial charge in [-0.15, -0.1) is 0 Å². The fraction of sp³-hybridized carbons (Fsp3) is 0.742. The highest BCUT2D eigenvalue weighted by atomic mass is 31.1. The van der Waals surface area contributed by atoms with E-state index in [1.165, 1.54) is 102 Å². The maximum atomic E-state index is 12.5. The van der Waals surface area contributed by atoms with Crippen LogP contribution in [0.2, 0.25) is 0 Å². The van der Waals surface area contributed by atoms with E-state index in [4.69, 9.17) is 19.1 Å². The molecule has 0 saturated heterocycles. The molecule has 0 spiro atoms. The molecule has 0 aliphatic heterocycles. The van der Waals surface area contributed by atoms with Gasteiger partial charge in [-0.2, -0.15) is 0 Å². The van der Waals surface area contributed by atoms with Crippen molar-refractivity contribution in [3.8, 4) is 5.75 Å². The minimum atomic E-state index is -3.55. The smallest absolute Gasteiger partial charge is 0.462 e. The zero-order valence-electron chi connectivity index (χ0n) is 25.2. The average Bonchev–Trinajstić information content (AvgIpc) is 2.92. The second kappa shape index (κ2) is 24.6. The number of aliphatic hydroxyl groups excluding tert-OH is 1. The molecule has 0 fully saturated rings. The first-order chi connectivity index (χ1) is 19.9. The normalized spacial score (nSPS) is 12.6. The highest BCUT2D eigenvalue weighted by Gasteiger charge is 2.23. The first kappa shape index (κ1) is 37.1. The lowest BCUT2D eigenvalue weighted by Crippen LogP contribution is -2.21. The lowest BCUT2D eigenvalue weighted by molar-refractivity contribution is 0.0349. The Morgan fingerprint density at radius 3 is 1.88 bits per heavy atom. The Kier molecular flexibility index (Phi) is 22.3.